The number of hydrogen-bond acceptors (Lipinski definition) is 5. The molecular weight excluding hydrogens is 392 g/mol. The molecule has 152 valence electrons. The summed E-state index contributed by atoms with van der Waals surface area (Å²) in [5, 5.41) is 2.89. The van der Waals surface area contributed by atoms with Crippen LogP contribution in [0.4, 0.5) is 0 Å². The Morgan fingerprint density at radius 2 is 1.79 bits per heavy atom. The molecule has 1 amide bonds. The molecule has 0 unspecified atom stereocenters. The number of sulfonamides is 1. The van der Waals surface area contributed by atoms with Crippen molar-refractivity contribution in [3.05, 3.63) is 83.8 Å². The highest BCUT2D eigenvalue weighted by Crippen LogP contribution is 2.24. The van der Waals surface area contributed by atoms with Gasteiger partial charge in [0.25, 0.3) is 5.91 Å². The van der Waals surface area contributed by atoms with E-state index in [0.717, 1.165) is 5.56 Å². The topological polar surface area (TPSA) is 97.6 Å². The van der Waals surface area contributed by atoms with Gasteiger partial charge in [-0.3, -0.25) is 4.79 Å². The van der Waals surface area contributed by atoms with Gasteiger partial charge in [-0.2, -0.15) is 0 Å². The molecule has 3 rings (SSSR count). The van der Waals surface area contributed by atoms with Crippen LogP contribution in [-0.4, -0.2) is 21.4 Å². The Hall–Kier alpha value is -3.10. The van der Waals surface area contributed by atoms with E-state index in [4.69, 9.17) is 9.15 Å². The summed E-state index contributed by atoms with van der Waals surface area (Å²) in [5.41, 5.74) is 1.21. The first-order valence-corrected chi connectivity index (χ1v) is 10.4. The zero-order chi connectivity index (χ0) is 20.9. The normalized spacial score (nSPS) is 12.3. The van der Waals surface area contributed by atoms with Crippen LogP contribution in [0.1, 0.15) is 34.6 Å². The SMILES string of the molecule is COc1ccccc1[C@H](C)NC(=O)c1ccc(S(=O)(=O)NCc2ccco2)cc1. The summed E-state index contributed by atoms with van der Waals surface area (Å²) in [6.07, 6.45) is 1.48. The van der Waals surface area contributed by atoms with Crippen LogP contribution in [0.5, 0.6) is 5.75 Å². The molecule has 2 N–H and O–H groups in total. The summed E-state index contributed by atoms with van der Waals surface area (Å²) >= 11 is 0. The van der Waals surface area contributed by atoms with E-state index in [1.165, 1.54) is 30.5 Å². The number of hydrogen-bond donors (Lipinski definition) is 2. The molecule has 0 aliphatic carbocycles. The van der Waals surface area contributed by atoms with E-state index >= 15 is 0 Å². The molecule has 2 aromatic carbocycles. The number of para-hydroxylation sites is 1. The highest BCUT2D eigenvalue weighted by Gasteiger charge is 2.17. The maximum atomic E-state index is 12.5. The Morgan fingerprint density at radius 3 is 2.45 bits per heavy atom. The van der Waals surface area contributed by atoms with Crippen molar-refractivity contribution in [3.63, 3.8) is 0 Å². The first-order valence-electron chi connectivity index (χ1n) is 8.96. The molecule has 1 aromatic heterocycles. The molecule has 1 atom stereocenters. The van der Waals surface area contributed by atoms with E-state index < -0.39 is 10.0 Å². The third-order valence-electron chi connectivity index (χ3n) is 4.40. The van der Waals surface area contributed by atoms with E-state index in [-0.39, 0.29) is 23.4 Å². The lowest BCUT2D eigenvalue weighted by Crippen LogP contribution is -2.27. The predicted molar refractivity (Wildman–Crippen MR) is 108 cm³/mol. The van der Waals surface area contributed by atoms with Gasteiger partial charge in [-0.05, 0) is 49.4 Å². The molecule has 0 aliphatic heterocycles. The minimum absolute atomic E-state index is 0.0496. The predicted octanol–water partition coefficient (Wildman–Crippen LogP) is 3.26. The van der Waals surface area contributed by atoms with E-state index in [0.29, 0.717) is 17.1 Å². The molecule has 0 spiro atoms. The van der Waals surface area contributed by atoms with Crippen molar-refractivity contribution in [1.29, 1.82) is 0 Å². The van der Waals surface area contributed by atoms with Gasteiger partial charge < -0.3 is 14.5 Å². The van der Waals surface area contributed by atoms with Gasteiger partial charge in [-0.1, -0.05) is 18.2 Å². The molecule has 7 nitrogen and oxygen atoms in total. The Balaban J connectivity index is 1.66. The van der Waals surface area contributed by atoms with Crippen LogP contribution in [0.25, 0.3) is 0 Å². The van der Waals surface area contributed by atoms with Crippen LogP contribution >= 0.6 is 0 Å². The van der Waals surface area contributed by atoms with Crippen molar-refractivity contribution < 1.29 is 22.4 Å². The molecule has 0 radical (unpaired) electrons. The van der Waals surface area contributed by atoms with Crippen molar-refractivity contribution in [1.82, 2.24) is 10.0 Å². The number of rotatable bonds is 8. The number of furan rings is 1. The molecule has 0 bridgehead atoms. The Kier molecular flexibility index (Phi) is 6.36. The van der Waals surface area contributed by atoms with E-state index in [9.17, 15) is 13.2 Å². The van der Waals surface area contributed by atoms with Crippen LogP contribution in [0.15, 0.2) is 76.2 Å². The number of carbonyl (C=O) groups excluding carboxylic acids is 1. The van der Waals surface area contributed by atoms with Gasteiger partial charge in [0.15, 0.2) is 0 Å². The van der Waals surface area contributed by atoms with Gasteiger partial charge in [-0.15, -0.1) is 0 Å². The number of methoxy groups -OCH3 is 1. The van der Waals surface area contributed by atoms with Gasteiger partial charge in [0.2, 0.25) is 10.0 Å². The summed E-state index contributed by atoms with van der Waals surface area (Å²) in [6, 6.07) is 16.3. The number of ether oxygens (including phenoxy) is 1. The molecule has 1 heterocycles. The van der Waals surface area contributed by atoms with Crippen molar-refractivity contribution in [2.24, 2.45) is 0 Å². The van der Waals surface area contributed by atoms with Gasteiger partial charge in [0.1, 0.15) is 11.5 Å². The number of benzene rings is 2. The third-order valence-corrected chi connectivity index (χ3v) is 5.81. The van der Waals surface area contributed by atoms with Crippen molar-refractivity contribution >= 4 is 15.9 Å². The van der Waals surface area contributed by atoms with E-state index in [1.54, 1.807) is 19.2 Å². The summed E-state index contributed by atoms with van der Waals surface area (Å²) in [4.78, 5) is 12.6. The number of amides is 1. The molecule has 0 saturated carbocycles. The lowest BCUT2D eigenvalue weighted by Gasteiger charge is -2.17. The lowest BCUT2D eigenvalue weighted by atomic mass is 10.1. The van der Waals surface area contributed by atoms with Crippen LogP contribution in [0.2, 0.25) is 0 Å². The molecule has 3 aromatic rings. The van der Waals surface area contributed by atoms with Crippen molar-refractivity contribution in [2.75, 3.05) is 7.11 Å². The Labute approximate surface area is 169 Å². The maximum absolute atomic E-state index is 12.5. The van der Waals surface area contributed by atoms with E-state index in [1.807, 2.05) is 31.2 Å². The maximum Gasteiger partial charge on any atom is 0.251 e. The average Bonchev–Trinajstić information content (AvgIpc) is 3.26. The van der Waals surface area contributed by atoms with Crippen LogP contribution in [0, 0.1) is 0 Å². The summed E-state index contributed by atoms with van der Waals surface area (Å²) < 4.78 is 37.6. The second-order valence-electron chi connectivity index (χ2n) is 6.37. The fourth-order valence-electron chi connectivity index (χ4n) is 2.83. The highest BCUT2D eigenvalue weighted by molar-refractivity contribution is 7.89. The Bertz CT molecular complexity index is 1060. The monoisotopic (exact) mass is 414 g/mol. The molecule has 0 fully saturated rings. The van der Waals surface area contributed by atoms with Gasteiger partial charge >= 0.3 is 0 Å². The standard InChI is InChI=1S/C21H22N2O5S/c1-15(19-7-3-4-8-20(19)27-2)23-21(24)16-9-11-18(12-10-16)29(25,26)22-14-17-6-5-13-28-17/h3-13,15,22H,14H2,1-2H3,(H,23,24)/t15-/m0/s1. The fourth-order valence-corrected chi connectivity index (χ4v) is 3.82. The third kappa shape index (κ3) is 5.04. The number of carbonyl (C=O) groups is 1. The molecule has 0 saturated heterocycles. The summed E-state index contributed by atoms with van der Waals surface area (Å²) in [6.45, 7) is 1.90. The zero-order valence-corrected chi connectivity index (χ0v) is 16.9. The minimum Gasteiger partial charge on any atom is -0.496 e. The summed E-state index contributed by atoms with van der Waals surface area (Å²) in [7, 11) is -2.14. The van der Waals surface area contributed by atoms with Crippen molar-refractivity contribution in [2.45, 2.75) is 24.4 Å². The Morgan fingerprint density at radius 1 is 1.07 bits per heavy atom. The van der Waals surface area contributed by atoms with Crippen molar-refractivity contribution in [3.8, 4) is 5.75 Å². The quantitative estimate of drug-likeness (QED) is 0.590. The van der Waals surface area contributed by atoms with E-state index in [2.05, 4.69) is 10.0 Å². The first kappa shape index (κ1) is 20.6. The van der Waals surface area contributed by atoms with Crippen LogP contribution in [-0.2, 0) is 16.6 Å². The minimum atomic E-state index is -3.71. The highest BCUT2D eigenvalue weighted by atomic mass is 32.2. The molecule has 8 heteroatoms. The molecule has 0 aliphatic rings. The second-order valence-corrected chi connectivity index (χ2v) is 8.13. The van der Waals surface area contributed by atoms with Crippen LogP contribution < -0.4 is 14.8 Å². The number of nitrogens with one attached hydrogen (secondary N) is 2. The fraction of sp³-hybridized carbons (Fsp3) is 0.190. The first-order chi connectivity index (χ1) is 13.9. The summed E-state index contributed by atoms with van der Waals surface area (Å²) in [5.74, 6) is 0.884. The van der Waals surface area contributed by atoms with Gasteiger partial charge in [0, 0.05) is 11.1 Å². The molecule has 29 heavy (non-hydrogen) atoms. The van der Waals surface area contributed by atoms with Crippen LogP contribution in [0.3, 0.4) is 0 Å². The van der Waals surface area contributed by atoms with Gasteiger partial charge in [0.05, 0.1) is 30.9 Å². The van der Waals surface area contributed by atoms with Gasteiger partial charge in [-0.25, -0.2) is 13.1 Å². The zero-order valence-electron chi connectivity index (χ0n) is 16.1. The lowest BCUT2D eigenvalue weighted by molar-refractivity contribution is 0.0939. The second kappa shape index (κ2) is 8.93. The largest absolute Gasteiger partial charge is 0.496 e. The molecular formula is C21H22N2O5S. The smallest absolute Gasteiger partial charge is 0.251 e. The average molecular weight is 414 g/mol.